The number of carbonyl (C=O) groups is 1. The Balaban J connectivity index is 1.87. The first kappa shape index (κ1) is 16.0. The van der Waals surface area contributed by atoms with Crippen LogP contribution in [0.2, 0.25) is 0 Å². The van der Waals surface area contributed by atoms with Crippen LogP contribution in [-0.2, 0) is 4.74 Å². The van der Waals surface area contributed by atoms with Gasteiger partial charge in [-0.1, -0.05) is 56.7 Å². The fourth-order valence-corrected chi connectivity index (χ4v) is 4.69. The highest BCUT2D eigenvalue weighted by atomic mass is 16.5. The van der Waals surface area contributed by atoms with Crippen LogP contribution in [0.25, 0.3) is 0 Å². The molecule has 1 fully saturated rings. The van der Waals surface area contributed by atoms with Gasteiger partial charge < -0.3 is 4.74 Å². The summed E-state index contributed by atoms with van der Waals surface area (Å²) < 4.78 is 5.99. The summed E-state index contributed by atoms with van der Waals surface area (Å²) in [6.45, 7) is 6.55. The van der Waals surface area contributed by atoms with Crippen molar-refractivity contribution in [3.05, 3.63) is 60.2 Å². The Morgan fingerprint density at radius 3 is 2.74 bits per heavy atom. The minimum Gasteiger partial charge on any atom is -0.454 e. The van der Waals surface area contributed by atoms with Gasteiger partial charge in [0.15, 0.2) is 0 Å². The molecule has 0 N–H and O–H groups in total. The lowest BCUT2D eigenvalue weighted by Gasteiger charge is -2.43. The average molecular weight is 310 g/mol. The van der Waals surface area contributed by atoms with E-state index in [0.717, 1.165) is 6.42 Å². The number of carbonyl (C=O) groups excluding carboxylic acids is 1. The lowest BCUT2D eigenvalue weighted by atomic mass is 9.65. The van der Waals surface area contributed by atoms with Crippen molar-refractivity contribution in [3.63, 3.8) is 0 Å². The molecule has 5 atom stereocenters. The number of esters is 1. The summed E-state index contributed by atoms with van der Waals surface area (Å²) in [5.41, 5.74) is 0.614. The maximum Gasteiger partial charge on any atom is 0.338 e. The zero-order valence-corrected chi connectivity index (χ0v) is 14.2. The van der Waals surface area contributed by atoms with Crippen LogP contribution in [0.3, 0.4) is 0 Å². The number of fused-ring (bicyclic) bond motifs is 2. The summed E-state index contributed by atoms with van der Waals surface area (Å²) in [4.78, 5) is 12.6. The Labute approximate surface area is 139 Å². The van der Waals surface area contributed by atoms with Gasteiger partial charge in [-0.25, -0.2) is 4.79 Å². The molecule has 1 saturated carbocycles. The third-order valence-electron chi connectivity index (χ3n) is 5.90. The first-order valence-electron chi connectivity index (χ1n) is 8.68. The van der Waals surface area contributed by atoms with Gasteiger partial charge in [-0.2, -0.15) is 0 Å². The predicted molar refractivity (Wildman–Crippen MR) is 93.1 cm³/mol. The van der Waals surface area contributed by atoms with Crippen molar-refractivity contribution in [3.8, 4) is 0 Å². The fourth-order valence-electron chi connectivity index (χ4n) is 4.69. The Bertz CT molecular complexity index is 616. The van der Waals surface area contributed by atoms with Gasteiger partial charge in [-0.3, -0.25) is 0 Å². The maximum atomic E-state index is 12.6. The molecule has 122 valence electrons. The summed E-state index contributed by atoms with van der Waals surface area (Å²) in [5, 5.41) is 0. The van der Waals surface area contributed by atoms with Gasteiger partial charge in [0, 0.05) is 5.41 Å². The lowest BCUT2D eigenvalue weighted by Crippen LogP contribution is -2.43. The molecule has 2 nitrogen and oxygen atoms in total. The molecule has 1 aromatic carbocycles. The van der Waals surface area contributed by atoms with E-state index >= 15 is 0 Å². The van der Waals surface area contributed by atoms with Crippen molar-refractivity contribution in [2.24, 2.45) is 23.2 Å². The second-order valence-corrected chi connectivity index (χ2v) is 6.99. The highest BCUT2D eigenvalue weighted by Gasteiger charge is 2.56. The Hall–Kier alpha value is -1.83. The molecule has 3 rings (SSSR count). The number of rotatable bonds is 5. The Kier molecular flexibility index (Phi) is 4.43. The summed E-state index contributed by atoms with van der Waals surface area (Å²) in [5.74, 6) is 1.49. The molecular weight excluding hydrogens is 284 g/mol. The molecule has 4 unspecified atom stereocenters. The van der Waals surface area contributed by atoms with Gasteiger partial charge in [-0.05, 0) is 49.3 Å². The summed E-state index contributed by atoms with van der Waals surface area (Å²) in [7, 11) is 0. The molecule has 0 saturated heterocycles. The normalized spacial score (nSPS) is 33.3. The molecule has 0 aliphatic heterocycles. The van der Waals surface area contributed by atoms with Gasteiger partial charge in [0.25, 0.3) is 0 Å². The van der Waals surface area contributed by atoms with Gasteiger partial charge in [0.2, 0.25) is 0 Å². The minimum atomic E-state index is -0.225. The molecule has 0 spiro atoms. The monoisotopic (exact) mass is 310 g/mol. The van der Waals surface area contributed by atoms with Crippen LogP contribution in [0.15, 0.2) is 54.6 Å². The van der Waals surface area contributed by atoms with Gasteiger partial charge in [0.05, 0.1) is 5.56 Å². The van der Waals surface area contributed by atoms with Crippen molar-refractivity contribution in [1.82, 2.24) is 0 Å². The van der Waals surface area contributed by atoms with Gasteiger partial charge >= 0.3 is 5.97 Å². The van der Waals surface area contributed by atoms with Crippen molar-refractivity contribution in [2.45, 2.75) is 39.7 Å². The molecule has 2 bridgehead atoms. The number of allylic oxidation sites excluding steroid dienone is 3. The van der Waals surface area contributed by atoms with Crippen LogP contribution in [0.5, 0.6) is 0 Å². The van der Waals surface area contributed by atoms with Crippen molar-refractivity contribution in [2.75, 3.05) is 0 Å². The Morgan fingerprint density at radius 1 is 1.35 bits per heavy atom. The Morgan fingerprint density at radius 2 is 2.09 bits per heavy atom. The third-order valence-corrected chi connectivity index (χ3v) is 5.90. The van der Waals surface area contributed by atoms with Crippen molar-refractivity contribution >= 4 is 5.97 Å². The molecule has 1 aromatic rings. The average Bonchev–Trinajstić information content (AvgIpc) is 3.15. The lowest BCUT2D eigenvalue weighted by molar-refractivity contribution is -0.0228. The van der Waals surface area contributed by atoms with E-state index in [-0.39, 0.29) is 17.5 Å². The van der Waals surface area contributed by atoms with Crippen LogP contribution in [0.1, 0.15) is 44.0 Å². The van der Waals surface area contributed by atoms with Gasteiger partial charge in [0.1, 0.15) is 6.10 Å². The van der Waals surface area contributed by atoms with E-state index in [2.05, 4.69) is 32.1 Å². The van der Waals surface area contributed by atoms with E-state index < -0.39 is 0 Å². The largest absolute Gasteiger partial charge is 0.454 e. The molecule has 2 heteroatoms. The SMILES string of the molecule is C/C=C\C(OC(=O)c1ccccc1)[C@]1(C)C2C=CC(C2)C1CC. The first-order chi connectivity index (χ1) is 11.1. The number of hydrogen-bond acceptors (Lipinski definition) is 2. The molecule has 0 amide bonds. The second-order valence-electron chi connectivity index (χ2n) is 6.99. The summed E-state index contributed by atoms with van der Waals surface area (Å²) >= 11 is 0. The highest BCUT2D eigenvalue weighted by molar-refractivity contribution is 5.89. The second kappa shape index (κ2) is 6.35. The van der Waals surface area contributed by atoms with Crippen LogP contribution in [-0.4, -0.2) is 12.1 Å². The third kappa shape index (κ3) is 2.65. The van der Waals surface area contributed by atoms with Gasteiger partial charge in [-0.15, -0.1) is 0 Å². The first-order valence-corrected chi connectivity index (χ1v) is 8.68. The molecule has 2 aliphatic carbocycles. The number of ether oxygens (including phenoxy) is 1. The smallest absolute Gasteiger partial charge is 0.338 e. The van der Waals surface area contributed by atoms with Crippen LogP contribution in [0.4, 0.5) is 0 Å². The van der Waals surface area contributed by atoms with E-state index in [1.807, 2.05) is 43.3 Å². The zero-order valence-electron chi connectivity index (χ0n) is 14.2. The topological polar surface area (TPSA) is 26.3 Å². The number of benzene rings is 1. The summed E-state index contributed by atoms with van der Waals surface area (Å²) in [6, 6.07) is 9.29. The fraction of sp³-hybridized carbons (Fsp3) is 0.476. The van der Waals surface area contributed by atoms with E-state index in [1.165, 1.54) is 6.42 Å². The quantitative estimate of drug-likeness (QED) is 0.563. The molecule has 0 heterocycles. The van der Waals surface area contributed by atoms with Crippen LogP contribution < -0.4 is 0 Å². The highest BCUT2D eigenvalue weighted by Crippen LogP contribution is 2.59. The van der Waals surface area contributed by atoms with E-state index in [1.54, 1.807) is 0 Å². The van der Waals surface area contributed by atoms with Crippen molar-refractivity contribution < 1.29 is 9.53 Å². The zero-order chi connectivity index (χ0) is 16.4. The minimum absolute atomic E-state index is 0.00881. The van der Waals surface area contributed by atoms with Crippen molar-refractivity contribution in [1.29, 1.82) is 0 Å². The van der Waals surface area contributed by atoms with E-state index in [9.17, 15) is 4.79 Å². The molecule has 0 radical (unpaired) electrons. The molecule has 0 aromatic heterocycles. The molecular formula is C21H26O2. The maximum absolute atomic E-state index is 12.6. The molecule has 23 heavy (non-hydrogen) atoms. The summed E-state index contributed by atoms with van der Waals surface area (Å²) in [6.07, 6.45) is 10.9. The standard InChI is InChI=1S/C21H26O2/c1-4-9-19(23-20(22)15-10-7-6-8-11-15)21(3)17-13-12-16(14-17)18(21)5-2/h4,6-13,16-19H,5,14H2,1-3H3/b9-4-/t16?,17?,18?,19?,21-/m1/s1. The van der Waals surface area contributed by atoms with E-state index in [4.69, 9.17) is 4.74 Å². The van der Waals surface area contributed by atoms with Crippen LogP contribution in [0, 0.1) is 23.2 Å². The molecule has 2 aliphatic rings. The van der Waals surface area contributed by atoms with Crippen LogP contribution >= 0.6 is 0 Å². The predicted octanol–water partition coefficient (Wildman–Crippen LogP) is 5.03. The number of hydrogen-bond donors (Lipinski definition) is 0. The van der Waals surface area contributed by atoms with E-state index in [0.29, 0.717) is 23.3 Å².